The molecule has 1 heterocycles. The molecule has 0 saturated carbocycles. The number of aromatic nitrogens is 1. The molecule has 1 N–H and O–H groups in total. The topological polar surface area (TPSA) is 34.1 Å². The summed E-state index contributed by atoms with van der Waals surface area (Å²) in [5, 5.41) is 3.82. The number of thiazole rings is 1. The second-order valence-electron chi connectivity index (χ2n) is 4.68. The van der Waals surface area contributed by atoms with Crippen molar-refractivity contribution < 1.29 is 17.9 Å². The zero-order chi connectivity index (χ0) is 15.3. The van der Waals surface area contributed by atoms with Crippen LogP contribution in [0, 0.1) is 0 Å². The second kappa shape index (κ2) is 7.09. The zero-order valence-electron chi connectivity index (χ0n) is 11.7. The highest BCUT2D eigenvalue weighted by molar-refractivity contribution is 7.22. The van der Waals surface area contributed by atoms with Crippen LogP contribution in [-0.4, -0.2) is 25.2 Å². The molecule has 0 amide bonds. The molecular formula is C14H17F3N2OS. The molecule has 0 aliphatic rings. The number of fused-ring (bicyclic) bond motifs is 1. The number of benzene rings is 1. The second-order valence-corrected chi connectivity index (χ2v) is 5.71. The van der Waals surface area contributed by atoms with Crippen molar-refractivity contribution in [2.75, 3.05) is 25.6 Å². The summed E-state index contributed by atoms with van der Waals surface area (Å²) in [6.07, 6.45) is -1.29. The minimum absolute atomic E-state index is 0.386. The van der Waals surface area contributed by atoms with E-state index in [-0.39, 0.29) is 0 Å². The van der Waals surface area contributed by atoms with E-state index >= 15 is 0 Å². The number of halogens is 3. The SMILES string of the molecule is COCCCCCNc1nc2cc(C(F)(F)F)ccc2s1. The van der Waals surface area contributed by atoms with E-state index in [2.05, 4.69) is 10.3 Å². The zero-order valence-corrected chi connectivity index (χ0v) is 12.5. The molecule has 116 valence electrons. The van der Waals surface area contributed by atoms with Gasteiger partial charge in [0.2, 0.25) is 0 Å². The van der Waals surface area contributed by atoms with Gasteiger partial charge in [-0.15, -0.1) is 0 Å². The first-order valence-corrected chi connectivity index (χ1v) is 7.53. The Morgan fingerprint density at radius 3 is 2.76 bits per heavy atom. The number of anilines is 1. The summed E-state index contributed by atoms with van der Waals surface area (Å²) < 4.78 is 43.6. The number of ether oxygens (including phenoxy) is 1. The van der Waals surface area contributed by atoms with Crippen LogP contribution in [0.1, 0.15) is 24.8 Å². The molecule has 0 unspecified atom stereocenters. The van der Waals surface area contributed by atoms with E-state index in [1.165, 1.54) is 17.4 Å². The fraction of sp³-hybridized carbons (Fsp3) is 0.500. The van der Waals surface area contributed by atoms with Crippen LogP contribution in [0.15, 0.2) is 18.2 Å². The van der Waals surface area contributed by atoms with Crippen LogP contribution in [0.5, 0.6) is 0 Å². The minimum Gasteiger partial charge on any atom is -0.385 e. The van der Waals surface area contributed by atoms with Crippen molar-refractivity contribution in [1.29, 1.82) is 0 Å². The predicted octanol–water partition coefficient (Wildman–Crippen LogP) is 4.54. The van der Waals surface area contributed by atoms with Crippen LogP contribution >= 0.6 is 11.3 Å². The molecule has 7 heteroatoms. The smallest absolute Gasteiger partial charge is 0.385 e. The molecule has 0 bridgehead atoms. The van der Waals surface area contributed by atoms with E-state index in [0.29, 0.717) is 10.6 Å². The van der Waals surface area contributed by atoms with Gasteiger partial charge in [0.05, 0.1) is 15.8 Å². The average Bonchev–Trinajstić information content (AvgIpc) is 2.83. The van der Waals surface area contributed by atoms with Gasteiger partial charge in [0.15, 0.2) is 5.13 Å². The molecule has 0 saturated heterocycles. The first kappa shape index (κ1) is 16.0. The van der Waals surface area contributed by atoms with E-state index in [4.69, 9.17) is 4.74 Å². The van der Waals surface area contributed by atoms with Crippen LogP contribution in [-0.2, 0) is 10.9 Å². The number of rotatable bonds is 7. The van der Waals surface area contributed by atoms with Crippen molar-refractivity contribution in [3.8, 4) is 0 Å². The van der Waals surface area contributed by atoms with Crippen LogP contribution < -0.4 is 5.32 Å². The number of nitrogens with zero attached hydrogens (tertiary/aromatic N) is 1. The third-order valence-corrected chi connectivity index (χ3v) is 4.01. The lowest BCUT2D eigenvalue weighted by atomic mass is 10.2. The Morgan fingerprint density at radius 2 is 2.05 bits per heavy atom. The monoisotopic (exact) mass is 318 g/mol. The lowest BCUT2D eigenvalue weighted by Crippen LogP contribution is -2.04. The Hall–Kier alpha value is -1.34. The number of alkyl halides is 3. The maximum Gasteiger partial charge on any atom is 0.416 e. The Labute approximate surface area is 125 Å². The van der Waals surface area contributed by atoms with Gasteiger partial charge in [-0.3, -0.25) is 0 Å². The Kier molecular flexibility index (Phi) is 5.41. The first-order chi connectivity index (χ1) is 10.0. The van der Waals surface area contributed by atoms with Gasteiger partial charge in [-0.1, -0.05) is 11.3 Å². The molecule has 0 fully saturated rings. The lowest BCUT2D eigenvalue weighted by molar-refractivity contribution is -0.137. The molecule has 1 aromatic heterocycles. The van der Waals surface area contributed by atoms with E-state index in [9.17, 15) is 13.2 Å². The summed E-state index contributed by atoms with van der Waals surface area (Å²) in [4.78, 5) is 4.20. The highest BCUT2D eigenvalue weighted by Gasteiger charge is 2.30. The molecule has 0 atom stereocenters. The largest absolute Gasteiger partial charge is 0.416 e. The Bertz CT molecular complexity index is 583. The highest BCUT2D eigenvalue weighted by atomic mass is 32.1. The van der Waals surface area contributed by atoms with Crippen molar-refractivity contribution >= 4 is 26.7 Å². The fourth-order valence-corrected chi connectivity index (χ4v) is 2.79. The summed E-state index contributed by atoms with van der Waals surface area (Å²) >= 11 is 1.37. The van der Waals surface area contributed by atoms with E-state index < -0.39 is 11.7 Å². The fourth-order valence-electron chi connectivity index (χ4n) is 1.92. The third kappa shape index (κ3) is 4.57. The van der Waals surface area contributed by atoms with Gasteiger partial charge in [0, 0.05) is 20.3 Å². The van der Waals surface area contributed by atoms with Crippen LogP contribution in [0.25, 0.3) is 10.2 Å². The molecule has 21 heavy (non-hydrogen) atoms. The minimum atomic E-state index is -4.33. The van der Waals surface area contributed by atoms with E-state index in [1.807, 2.05) is 0 Å². The van der Waals surface area contributed by atoms with Gasteiger partial charge in [-0.05, 0) is 37.5 Å². The highest BCUT2D eigenvalue weighted by Crippen LogP contribution is 2.33. The number of nitrogens with one attached hydrogen (secondary N) is 1. The number of hydrogen-bond acceptors (Lipinski definition) is 4. The molecule has 0 aliphatic carbocycles. The van der Waals surface area contributed by atoms with Crippen molar-refractivity contribution in [2.24, 2.45) is 0 Å². The Balaban J connectivity index is 1.93. The number of unbranched alkanes of at least 4 members (excludes halogenated alkanes) is 2. The molecule has 3 nitrogen and oxygen atoms in total. The Morgan fingerprint density at radius 1 is 1.24 bits per heavy atom. The lowest BCUT2D eigenvalue weighted by Gasteiger charge is -2.04. The standard InChI is InChI=1S/C14H17F3N2OS/c1-20-8-4-2-3-7-18-13-19-11-9-10(14(15,16)17)5-6-12(11)21-13/h5-6,9H,2-4,7-8H2,1H3,(H,18,19). The van der Waals surface area contributed by atoms with Gasteiger partial charge in [0.25, 0.3) is 0 Å². The summed E-state index contributed by atoms with van der Waals surface area (Å²) in [6.45, 7) is 1.51. The van der Waals surface area contributed by atoms with Crippen molar-refractivity contribution in [2.45, 2.75) is 25.4 Å². The molecule has 0 radical (unpaired) electrons. The third-order valence-electron chi connectivity index (χ3n) is 3.02. The van der Waals surface area contributed by atoms with E-state index in [0.717, 1.165) is 49.2 Å². The van der Waals surface area contributed by atoms with Gasteiger partial charge in [-0.25, -0.2) is 4.98 Å². The molecule has 0 spiro atoms. The predicted molar refractivity (Wildman–Crippen MR) is 78.8 cm³/mol. The summed E-state index contributed by atoms with van der Waals surface area (Å²) in [5.41, 5.74) is -0.275. The first-order valence-electron chi connectivity index (χ1n) is 6.71. The van der Waals surface area contributed by atoms with Crippen molar-refractivity contribution in [3.05, 3.63) is 23.8 Å². The summed E-state index contributed by atoms with van der Waals surface area (Å²) in [6, 6.07) is 3.66. The summed E-state index contributed by atoms with van der Waals surface area (Å²) in [7, 11) is 1.68. The maximum absolute atomic E-state index is 12.6. The van der Waals surface area contributed by atoms with Gasteiger partial charge in [0.1, 0.15) is 0 Å². The normalized spacial score (nSPS) is 12.0. The quantitative estimate of drug-likeness (QED) is 0.761. The molecular weight excluding hydrogens is 301 g/mol. The van der Waals surface area contributed by atoms with E-state index in [1.54, 1.807) is 7.11 Å². The van der Waals surface area contributed by atoms with Gasteiger partial charge in [-0.2, -0.15) is 13.2 Å². The molecule has 0 aliphatic heterocycles. The number of methoxy groups -OCH3 is 1. The van der Waals surface area contributed by atoms with Crippen molar-refractivity contribution in [3.63, 3.8) is 0 Å². The molecule has 2 aromatic rings. The maximum atomic E-state index is 12.6. The van der Waals surface area contributed by atoms with Crippen LogP contribution in [0.2, 0.25) is 0 Å². The molecule has 1 aromatic carbocycles. The van der Waals surface area contributed by atoms with Crippen LogP contribution in [0.4, 0.5) is 18.3 Å². The van der Waals surface area contributed by atoms with Gasteiger partial charge >= 0.3 is 6.18 Å². The number of hydrogen-bond donors (Lipinski definition) is 1. The average molecular weight is 318 g/mol. The van der Waals surface area contributed by atoms with Crippen molar-refractivity contribution in [1.82, 2.24) is 4.98 Å². The summed E-state index contributed by atoms with van der Waals surface area (Å²) in [5.74, 6) is 0. The van der Waals surface area contributed by atoms with Gasteiger partial charge < -0.3 is 10.1 Å². The molecule has 2 rings (SSSR count). The van der Waals surface area contributed by atoms with Crippen LogP contribution in [0.3, 0.4) is 0 Å².